The van der Waals surface area contributed by atoms with Crippen molar-refractivity contribution < 1.29 is 23.0 Å². The number of benzene rings is 1. The second kappa shape index (κ2) is 7.38. The Labute approximate surface area is 149 Å². The topological polar surface area (TPSA) is 90.4 Å². The molecular weight excluding hydrogens is 341 g/mol. The highest BCUT2D eigenvalue weighted by Gasteiger charge is 2.25. The molecule has 3 rings (SSSR count). The second-order valence-electron chi connectivity index (χ2n) is 5.72. The van der Waals surface area contributed by atoms with E-state index < -0.39 is 11.8 Å². The second-order valence-corrected chi connectivity index (χ2v) is 5.72. The third-order valence-electron chi connectivity index (χ3n) is 4.02. The molecule has 0 fully saturated rings. The van der Waals surface area contributed by atoms with Crippen LogP contribution in [0.25, 0.3) is 11.3 Å². The number of hydrogen-bond donors (Lipinski definition) is 1. The van der Waals surface area contributed by atoms with E-state index in [0.29, 0.717) is 18.5 Å². The van der Waals surface area contributed by atoms with Gasteiger partial charge in [0.2, 0.25) is 5.88 Å². The van der Waals surface area contributed by atoms with Crippen LogP contribution in [0.4, 0.5) is 10.3 Å². The average Bonchev–Trinajstić information content (AvgIpc) is 3.19. The van der Waals surface area contributed by atoms with Crippen molar-refractivity contribution in [1.29, 1.82) is 0 Å². The molecule has 0 saturated carbocycles. The van der Waals surface area contributed by atoms with E-state index in [0.717, 1.165) is 17.0 Å². The van der Waals surface area contributed by atoms with E-state index in [1.165, 1.54) is 25.3 Å². The summed E-state index contributed by atoms with van der Waals surface area (Å²) in [6, 6.07) is 5.76. The lowest BCUT2D eigenvalue weighted by Crippen LogP contribution is -2.10. The largest absolute Gasteiger partial charge is 0.465 e. The molecule has 0 spiro atoms. The molecule has 1 N–H and O–H groups in total. The number of aryl methyl sites for hydroxylation is 2. The minimum Gasteiger partial charge on any atom is -0.465 e. The van der Waals surface area contributed by atoms with Crippen LogP contribution in [0.5, 0.6) is 0 Å². The van der Waals surface area contributed by atoms with Gasteiger partial charge in [-0.25, -0.2) is 9.18 Å². The molecule has 26 heavy (non-hydrogen) atoms. The summed E-state index contributed by atoms with van der Waals surface area (Å²) in [4.78, 5) is 12.2. The van der Waals surface area contributed by atoms with Gasteiger partial charge in [-0.3, -0.25) is 0 Å². The number of carbonyl (C=O) groups is 1. The molecule has 0 radical (unpaired) electrons. The molecule has 1 aromatic carbocycles. The molecule has 136 valence electrons. The molecule has 0 atom stereocenters. The van der Waals surface area contributed by atoms with Gasteiger partial charge in [0, 0.05) is 17.7 Å². The number of anilines is 1. The van der Waals surface area contributed by atoms with Crippen molar-refractivity contribution in [3.05, 3.63) is 52.7 Å². The monoisotopic (exact) mass is 359 g/mol. The van der Waals surface area contributed by atoms with Crippen molar-refractivity contribution in [2.75, 3.05) is 19.0 Å². The van der Waals surface area contributed by atoms with Crippen LogP contribution in [-0.4, -0.2) is 29.9 Å². The summed E-state index contributed by atoms with van der Waals surface area (Å²) in [7, 11) is 1.26. The predicted octanol–water partition coefficient (Wildman–Crippen LogP) is 3.53. The van der Waals surface area contributed by atoms with E-state index >= 15 is 0 Å². The zero-order valence-electron chi connectivity index (χ0n) is 14.6. The molecule has 0 aliphatic carbocycles. The highest BCUT2D eigenvalue weighted by molar-refractivity contribution is 6.00. The Morgan fingerprint density at radius 2 is 2.08 bits per heavy atom. The summed E-state index contributed by atoms with van der Waals surface area (Å²) >= 11 is 0. The van der Waals surface area contributed by atoms with E-state index in [1.807, 2.05) is 13.8 Å². The Hall–Kier alpha value is -3.16. The number of ether oxygens (including phenoxy) is 1. The fraction of sp³-hybridized carbons (Fsp3) is 0.278. The van der Waals surface area contributed by atoms with Crippen LogP contribution in [0.1, 0.15) is 27.4 Å². The third kappa shape index (κ3) is 3.44. The molecule has 8 heteroatoms. The number of hydrogen-bond acceptors (Lipinski definition) is 7. The number of nitrogens with zero attached hydrogens (tertiary/aromatic N) is 2. The first-order valence-corrected chi connectivity index (χ1v) is 8.00. The number of methoxy groups -OCH3 is 1. The molecule has 0 aliphatic rings. The lowest BCUT2D eigenvalue weighted by atomic mass is 10.1. The average molecular weight is 359 g/mol. The van der Waals surface area contributed by atoms with Crippen molar-refractivity contribution in [3.63, 3.8) is 0 Å². The van der Waals surface area contributed by atoms with Crippen LogP contribution in [0.2, 0.25) is 0 Å². The van der Waals surface area contributed by atoms with Crippen LogP contribution >= 0.6 is 0 Å². The number of carbonyl (C=O) groups excluding carboxylic acids is 1. The molecule has 0 saturated heterocycles. The van der Waals surface area contributed by atoms with Crippen LogP contribution < -0.4 is 5.32 Å². The predicted molar refractivity (Wildman–Crippen MR) is 91.4 cm³/mol. The number of nitrogens with one attached hydrogen (secondary N) is 1. The highest BCUT2D eigenvalue weighted by atomic mass is 19.1. The minimum atomic E-state index is -0.620. The van der Waals surface area contributed by atoms with Gasteiger partial charge in [0.25, 0.3) is 0 Å². The van der Waals surface area contributed by atoms with E-state index in [-0.39, 0.29) is 17.1 Å². The van der Waals surface area contributed by atoms with Gasteiger partial charge in [0.05, 0.1) is 12.8 Å². The van der Waals surface area contributed by atoms with Crippen molar-refractivity contribution in [3.8, 4) is 11.3 Å². The summed E-state index contributed by atoms with van der Waals surface area (Å²) in [5, 5.41) is 10.8. The lowest BCUT2D eigenvalue weighted by Gasteiger charge is -2.05. The third-order valence-corrected chi connectivity index (χ3v) is 4.02. The zero-order valence-corrected chi connectivity index (χ0v) is 14.6. The molecule has 3 aromatic rings. The van der Waals surface area contributed by atoms with Crippen molar-refractivity contribution >= 4 is 11.9 Å². The lowest BCUT2D eigenvalue weighted by molar-refractivity contribution is 0.0602. The van der Waals surface area contributed by atoms with Crippen LogP contribution in [0.3, 0.4) is 0 Å². The van der Waals surface area contributed by atoms with Gasteiger partial charge in [0.15, 0.2) is 5.56 Å². The summed E-state index contributed by atoms with van der Waals surface area (Å²) in [5.74, 6) is -0.141. The van der Waals surface area contributed by atoms with E-state index in [1.54, 1.807) is 6.07 Å². The maximum atomic E-state index is 13.5. The summed E-state index contributed by atoms with van der Waals surface area (Å²) in [5.41, 5.74) is 2.57. The van der Waals surface area contributed by atoms with E-state index in [9.17, 15) is 9.18 Å². The van der Waals surface area contributed by atoms with Crippen molar-refractivity contribution in [1.82, 2.24) is 10.3 Å². The normalized spacial score (nSPS) is 10.8. The van der Waals surface area contributed by atoms with Gasteiger partial charge in [-0.05, 0) is 32.4 Å². The van der Waals surface area contributed by atoms with Gasteiger partial charge in [-0.1, -0.05) is 22.4 Å². The molecule has 0 aliphatic heterocycles. The molecular formula is C18H18FN3O4. The fourth-order valence-electron chi connectivity index (χ4n) is 2.69. The van der Waals surface area contributed by atoms with Gasteiger partial charge in [-0.15, -0.1) is 0 Å². The number of rotatable bonds is 6. The molecule has 2 heterocycles. The van der Waals surface area contributed by atoms with E-state index in [2.05, 4.69) is 15.6 Å². The Morgan fingerprint density at radius 1 is 1.27 bits per heavy atom. The number of halogens is 1. The number of aromatic nitrogens is 2. The van der Waals surface area contributed by atoms with Gasteiger partial charge >= 0.3 is 5.97 Å². The highest BCUT2D eigenvalue weighted by Crippen LogP contribution is 2.30. The summed E-state index contributed by atoms with van der Waals surface area (Å²) in [6.45, 7) is 4.17. The first-order valence-electron chi connectivity index (χ1n) is 8.00. The first-order chi connectivity index (χ1) is 12.5. The standard InChI is InChI=1S/C18H18FN3O4/c1-10-14(11(2)25-21-10)7-8-20-17-15(18(23)24-3)16(22-26-17)12-5-4-6-13(19)9-12/h4-6,9,20H,7-8H2,1-3H3. The minimum absolute atomic E-state index is 0.122. The smallest absolute Gasteiger partial charge is 0.345 e. The van der Waals surface area contributed by atoms with Gasteiger partial charge in [0.1, 0.15) is 17.3 Å². The Morgan fingerprint density at radius 3 is 2.73 bits per heavy atom. The van der Waals surface area contributed by atoms with Gasteiger partial charge in [-0.2, -0.15) is 0 Å². The van der Waals surface area contributed by atoms with Crippen molar-refractivity contribution in [2.24, 2.45) is 0 Å². The quantitative estimate of drug-likeness (QED) is 0.673. The number of esters is 1. The maximum absolute atomic E-state index is 13.5. The van der Waals surface area contributed by atoms with Crippen LogP contribution in [0.15, 0.2) is 33.3 Å². The maximum Gasteiger partial charge on any atom is 0.345 e. The fourth-order valence-corrected chi connectivity index (χ4v) is 2.69. The SMILES string of the molecule is COC(=O)c1c(-c2cccc(F)c2)noc1NCCc1c(C)noc1C. The molecule has 2 aromatic heterocycles. The van der Waals surface area contributed by atoms with Gasteiger partial charge < -0.3 is 19.1 Å². The van der Waals surface area contributed by atoms with Crippen LogP contribution in [-0.2, 0) is 11.2 Å². The van der Waals surface area contributed by atoms with Crippen LogP contribution in [0, 0.1) is 19.7 Å². The molecule has 0 unspecified atom stereocenters. The first kappa shape index (κ1) is 17.7. The Kier molecular flexibility index (Phi) is 5.01. The Bertz CT molecular complexity index is 913. The molecule has 7 nitrogen and oxygen atoms in total. The zero-order chi connectivity index (χ0) is 18.7. The summed E-state index contributed by atoms with van der Waals surface area (Å²) in [6.07, 6.45) is 0.623. The van der Waals surface area contributed by atoms with Crippen molar-refractivity contribution in [2.45, 2.75) is 20.3 Å². The molecule has 0 amide bonds. The molecule has 0 bridgehead atoms. The summed E-state index contributed by atoms with van der Waals surface area (Å²) < 4.78 is 28.7. The van der Waals surface area contributed by atoms with E-state index in [4.69, 9.17) is 13.8 Å². The Balaban J connectivity index is 1.84.